The molecule has 0 radical (unpaired) electrons. The maximum Gasteiger partial charge on any atom is 0.307 e. The largest absolute Gasteiger partial charge is 0.458 e. The minimum absolute atomic E-state index is 0.148. The van der Waals surface area contributed by atoms with Gasteiger partial charge in [0.05, 0.1) is 12.3 Å². The summed E-state index contributed by atoms with van der Waals surface area (Å²) in [6.07, 6.45) is 4.77. The first-order valence-corrected chi connectivity index (χ1v) is 7.83. The van der Waals surface area contributed by atoms with E-state index in [-0.39, 0.29) is 30.7 Å². The number of rotatable bonds is 3. The van der Waals surface area contributed by atoms with E-state index in [9.17, 15) is 14.0 Å². The lowest BCUT2D eigenvalue weighted by Crippen LogP contribution is -2.45. The maximum absolute atomic E-state index is 13.2. The topological polar surface area (TPSA) is 55.4 Å². The van der Waals surface area contributed by atoms with Crippen molar-refractivity contribution >= 4 is 11.9 Å². The fourth-order valence-corrected chi connectivity index (χ4v) is 3.58. The van der Waals surface area contributed by atoms with Crippen molar-refractivity contribution in [1.82, 2.24) is 5.32 Å². The predicted molar refractivity (Wildman–Crippen MR) is 78.3 cm³/mol. The molecule has 1 amide bonds. The zero-order valence-corrected chi connectivity index (χ0v) is 12.4. The van der Waals surface area contributed by atoms with Gasteiger partial charge in [-0.3, -0.25) is 9.59 Å². The number of amides is 1. The van der Waals surface area contributed by atoms with Crippen molar-refractivity contribution in [2.75, 3.05) is 0 Å². The summed E-state index contributed by atoms with van der Waals surface area (Å²) in [5.41, 5.74) is 0.0951. The van der Waals surface area contributed by atoms with Gasteiger partial charge >= 0.3 is 5.97 Å². The van der Waals surface area contributed by atoms with Crippen LogP contribution in [-0.4, -0.2) is 17.5 Å². The highest BCUT2D eigenvalue weighted by Crippen LogP contribution is 2.44. The molecule has 0 bridgehead atoms. The van der Waals surface area contributed by atoms with Crippen molar-refractivity contribution < 1.29 is 18.7 Å². The molecule has 1 aliphatic carbocycles. The van der Waals surface area contributed by atoms with E-state index < -0.39 is 11.5 Å². The van der Waals surface area contributed by atoms with E-state index in [0.29, 0.717) is 5.56 Å². The van der Waals surface area contributed by atoms with E-state index in [0.717, 1.165) is 32.1 Å². The van der Waals surface area contributed by atoms with Crippen LogP contribution in [0, 0.1) is 11.7 Å². The van der Waals surface area contributed by atoms with E-state index in [1.807, 2.05) is 0 Å². The average Bonchev–Trinajstić information content (AvgIpc) is 2.82. The number of carbonyl (C=O) groups excluding carboxylic acids is 2. The Balaban J connectivity index is 1.66. The second kappa shape index (κ2) is 6.07. The van der Waals surface area contributed by atoms with Crippen LogP contribution in [0.5, 0.6) is 0 Å². The molecule has 1 aromatic carbocycles. The maximum atomic E-state index is 13.2. The van der Waals surface area contributed by atoms with Crippen LogP contribution >= 0.6 is 0 Å². The molecule has 2 aliphatic rings. The first-order valence-electron chi connectivity index (χ1n) is 7.83. The number of nitrogens with one attached hydrogen (secondary N) is 1. The van der Waals surface area contributed by atoms with Crippen LogP contribution in [-0.2, 0) is 20.9 Å². The molecule has 1 aliphatic heterocycles. The van der Waals surface area contributed by atoms with Crippen LogP contribution in [0.25, 0.3) is 0 Å². The summed E-state index contributed by atoms with van der Waals surface area (Å²) >= 11 is 0. The number of carbonyl (C=O) groups is 2. The molecule has 1 heterocycles. The Morgan fingerprint density at radius 1 is 1.32 bits per heavy atom. The van der Waals surface area contributed by atoms with Crippen molar-refractivity contribution in [3.8, 4) is 0 Å². The lowest BCUT2D eigenvalue weighted by molar-refractivity contribution is -0.153. The van der Waals surface area contributed by atoms with Gasteiger partial charge < -0.3 is 10.1 Å². The fourth-order valence-electron chi connectivity index (χ4n) is 3.58. The summed E-state index contributed by atoms with van der Waals surface area (Å²) in [6.45, 7) is 0.261. The van der Waals surface area contributed by atoms with Gasteiger partial charge in [0.25, 0.3) is 0 Å². The van der Waals surface area contributed by atoms with Gasteiger partial charge in [-0.25, -0.2) is 4.39 Å². The highest BCUT2D eigenvalue weighted by atomic mass is 19.1. The van der Waals surface area contributed by atoms with Crippen LogP contribution in [0.4, 0.5) is 4.39 Å². The second-order valence-corrected chi connectivity index (χ2v) is 6.20. The summed E-state index contributed by atoms with van der Waals surface area (Å²) in [6, 6.07) is 6.14. The number of ether oxygens (including phenoxy) is 1. The number of hydrogen-bond acceptors (Lipinski definition) is 3. The molecule has 2 fully saturated rings. The first-order chi connectivity index (χ1) is 10.6. The van der Waals surface area contributed by atoms with Gasteiger partial charge in [-0.1, -0.05) is 18.6 Å². The summed E-state index contributed by atoms with van der Waals surface area (Å²) in [5, 5.41) is 2.82. The highest BCUT2D eigenvalue weighted by Gasteiger charge is 2.52. The van der Waals surface area contributed by atoms with Crippen LogP contribution in [0.2, 0.25) is 0 Å². The van der Waals surface area contributed by atoms with Crippen molar-refractivity contribution in [2.24, 2.45) is 5.92 Å². The van der Waals surface area contributed by atoms with Gasteiger partial charge in [0.1, 0.15) is 11.4 Å². The zero-order valence-electron chi connectivity index (χ0n) is 12.4. The van der Waals surface area contributed by atoms with Crippen molar-refractivity contribution in [2.45, 2.75) is 50.7 Å². The van der Waals surface area contributed by atoms with E-state index in [4.69, 9.17) is 4.74 Å². The van der Waals surface area contributed by atoms with E-state index in [2.05, 4.69) is 5.32 Å². The number of esters is 1. The molecule has 1 saturated heterocycles. The molecular formula is C17H20FNO3. The smallest absolute Gasteiger partial charge is 0.307 e. The zero-order chi connectivity index (χ0) is 15.6. The third-order valence-corrected chi connectivity index (χ3v) is 4.70. The lowest BCUT2D eigenvalue weighted by Gasteiger charge is -2.36. The first kappa shape index (κ1) is 15.0. The van der Waals surface area contributed by atoms with Gasteiger partial charge in [0.2, 0.25) is 5.91 Å². The molecule has 5 heteroatoms. The van der Waals surface area contributed by atoms with Crippen LogP contribution in [0.1, 0.15) is 44.1 Å². The van der Waals surface area contributed by atoms with Crippen LogP contribution in [0.3, 0.4) is 0 Å². The minimum Gasteiger partial charge on any atom is -0.458 e. The molecular weight excluding hydrogens is 285 g/mol. The SMILES string of the molecule is O=C1CC(C(=O)NCc2cccc(F)c2)C2(CCCCC2)O1. The monoisotopic (exact) mass is 305 g/mol. The molecule has 1 N–H and O–H groups in total. The Hall–Kier alpha value is -1.91. The predicted octanol–water partition coefficient (Wildman–Crippen LogP) is 2.71. The van der Waals surface area contributed by atoms with Crippen molar-refractivity contribution in [3.63, 3.8) is 0 Å². The number of halogens is 1. The van der Waals surface area contributed by atoms with Gasteiger partial charge in [-0.15, -0.1) is 0 Å². The Labute approximate surface area is 129 Å². The second-order valence-electron chi connectivity index (χ2n) is 6.20. The van der Waals surface area contributed by atoms with Crippen LogP contribution in [0.15, 0.2) is 24.3 Å². The number of benzene rings is 1. The Bertz CT molecular complexity index is 581. The average molecular weight is 305 g/mol. The molecule has 4 nitrogen and oxygen atoms in total. The quantitative estimate of drug-likeness (QED) is 0.874. The summed E-state index contributed by atoms with van der Waals surface area (Å²) < 4.78 is 18.7. The Kier molecular flexibility index (Phi) is 4.14. The molecule has 1 unspecified atom stereocenters. The molecule has 118 valence electrons. The summed E-state index contributed by atoms with van der Waals surface area (Å²) in [4.78, 5) is 24.2. The summed E-state index contributed by atoms with van der Waals surface area (Å²) in [5.74, 6) is -1.20. The van der Waals surface area contributed by atoms with Gasteiger partial charge in [0, 0.05) is 6.54 Å². The molecule has 22 heavy (non-hydrogen) atoms. The Morgan fingerprint density at radius 3 is 2.82 bits per heavy atom. The van der Waals surface area contributed by atoms with E-state index in [1.54, 1.807) is 12.1 Å². The molecule has 1 aromatic rings. The van der Waals surface area contributed by atoms with Gasteiger partial charge in [0.15, 0.2) is 0 Å². The fraction of sp³-hybridized carbons (Fsp3) is 0.529. The normalized spacial score (nSPS) is 23.3. The van der Waals surface area contributed by atoms with Gasteiger partial charge in [-0.2, -0.15) is 0 Å². The van der Waals surface area contributed by atoms with Crippen molar-refractivity contribution in [1.29, 1.82) is 0 Å². The highest BCUT2D eigenvalue weighted by molar-refractivity contribution is 5.87. The lowest BCUT2D eigenvalue weighted by atomic mass is 9.75. The third kappa shape index (κ3) is 2.98. The van der Waals surface area contributed by atoms with Crippen LogP contribution < -0.4 is 5.32 Å². The summed E-state index contributed by atoms with van der Waals surface area (Å²) in [7, 11) is 0. The van der Waals surface area contributed by atoms with Crippen molar-refractivity contribution in [3.05, 3.63) is 35.6 Å². The van der Waals surface area contributed by atoms with E-state index in [1.165, 1.54) is 12.1 Å². The molecule has 1 atom stereocenters. The molecule has 0 aromatic heterocycles. The third-order valence-electron chi connectivity index (χ3n) is 4.70. The van der Waals surface area contributed by atoms with Gasteiger partial charge in [-0.05, 0) is 43.4 Å². The molecule has 3 rings (SSSR count). The molecule has 1 spiro atoms. The minimum atomic E-state index is -0.610. The van der Waals surface area contributed by atoms with E-state index >= 15 is 0 Å². The molecule has 1 saturated carbocycles. The Morgan fingerprint density at radius 2 is 2.09 bits per heavy atom. The number of hydrogen-bond donors (Lipinski definition) is 1. The standard InChI is InChI=1S/C17H20FNO3/c18-13-6-4-5-12(9-13)11-19-16(21)14-10-15(20)22-17(14)7-2-1-3-8-17/h4-6,9,14H,1-3,7-8,10-11H2,(H,19,21).